The summed E-state index contributed by atoms with van der Waals surface area (Å²) in [6.07, 6.45) is 0. The van der Waals surface area contributed by atoms with E-state index in [0.717, 1.165) is 15.7 Å². The first-order valence-electron chi connectivity index (χ1n) is 8.58. The van der Waals surface area contributed by atoms with E-state index < -0.39 is 0 Å². The SMILES string of the molecule is CCOc1c(Br)cc(CNc2ccc(C(=O)NC(C)C)cc2)cc1OC. The zero-order chi connectivity index (χ0) is 19.1. The van der Waals surface area contributed by atoms with E-state index in [0.29, 0.717) is 30.2 Å². The molecule has 26 heavy (non-hydrogen) atoms. The van der Waals surface area contributed by atoms with Gasteiger partial charge in [-0.1, -0.05) is 0 Å². The van der Waals surface area contributed by atoms with Gasteiger partial charge in [0.05, 0.1) is 18.2 Å². The molecule has 0 fully saturated rings. The molecule has 0 aliphatic carbocycles. The van der Waals surface area contributed by atoms with Gasteiger partial charge >= 0.3 is 0 Å². The van der Waals surface area contributed by atoms with E-state index in [2.05, 4.69) is 26.6 Å². The summed E-state index contributed by atoms with van der Waals surface area (Å²) < 4.78 is 11.9. The maximum atomic E-state index is 12.0. The van der Waals surface area contributed by atoms with Crippen molar-refractivity contribution in [2.75, 3.05) is 19.0 Å². The Balaban J connectivity index is 2.04. The molecule has 0 radical (unpaired) electrons. The van der Waals surface area contributed by atoms with Gasteiger partial charge in [-0.15, -0.1) is 0 Å². The summed E-state index contributed by atoms with van der Waals surface area (Å²) in [4.78, 5) is 12.0. The number of hydrogen-bond acceptors (Lipinski definition) is 4. The van der Waals surface area contributed by atoms with Gasteiger partial charge in [-0.3, -0.25) is 4.79 Å². The highest BCUT2D eigenvalue weighted by molar-refractivity contribution is 9.10. The molecule has 2 N–H and O–H groups in total. The lowest BCUT2D eigenvalue weighted by atomic mass is 10.1. The lowest BCUT2D eigenvalue weighted by molar-refractivity contribution is 0.0943. The van der Waals surface area contributed by atoms with Crippen LogP contribution in [0.15, 0.2) is 40.9 Å². The van der Waals surface area contributed by atoms with Gasteiger partial charge in [0.1, 0.15) is 0 Å². The molecule has 0 bridgehead atoms. The first-order chi connectivity index (χ1) is 12.4. The minimum atomic E-state index is -0.0632. The molecule has 140 valence electrons. The lowest BCUT2D eigenvalue weighted by Crippen LogP contribution is -2.29. The highest BCUT2D eigenvalue weighted by Gasteiger charge is 2.11. The van der Waals surface area contributed by atoms with Crippen LogP contribution in [0.2, 0.25) is 0 Å². The van der Waals surface area contributed by atoms with Crippen LogP contribution >= 0.6 is 15.9 Å². The fraction of sp³-hybridized carbons (Fsp3) is 0.350. The molecule has 2 aromatic carbocycles. The maximum Gasteiger partial charge on any atom is 0.251 e. The number of ether oxygens (including phenoxy) is 2. The predicted octanol–water partition coefficient (Wildman–Crippen LogP) is 4.61. The molecule has 0 unspecified atom stereocenters. The molecule has 0 heterocycles. The number of nitrogens with one attached hydrogen (secondary N) is 2. The average Bonchev–Trinajstić information content (AvgIpc) is 2.61. The Bertz CT molecular complexity index is 745. The van der Waals surface area contributed by atoms with Gasteiger partial charge in [0, 0.05) is 23.8 Å². The van der Waals surface area contributed by atoms with E-state index >= 15 is 0 Å². The number of benzene rings is 2. The number of amides is 1. The number of anilines is 1. The van der Waals surface area contributed by atoms with Gasteiger partial charge in [0.15, 0.2) is 11.5 Å². The monoisotopic (exact) mass is 420 g/mol. The lowest BCUT2D eigenvalue weighted by Gasteiger charge is -2.14. The van der Waals surface area contributed by atoms with Gasteiger partial charge in [0.2, 0.25) is 0 Å². The number of methoxy groups -OCH3 is 1. The number of carbonyl (C=O) groups excluding carboxylic acids is 1. The molecule has 0 aromatic heterocycles. The normalized spacial score (nSPS) is 10.5. The smallest absolute Gasteiger partial charge is 0.251 e. The molecule has 5 nitrogen and oxygen atoms in total. The fourth-order valence-electron chi connectivity index (χ4n) is 2.45. The summed E-state index contributed by atoms with van der Waals surface area (Å²) in [6.45, 7) is 7.02. The third-order valence-electron chi connectivity index (χ3n) is 3.64. The standard InChI is InChI=1S/C20H25BrN2O3/c1-5-26-19-17(21)10-14(11-18(19)25-4)12-22-16-8-6-15(7-9-16)20(24)23-13(2)3/h6-11,13,22H,5,12H2,1-4H3,(H,23,24). The number of hydrogen-bond donors (Lipinski definition) is 2. The second-order valence-electron chi connectivity index (χ2n) is 6.10. The van der Waals surface area contributed by atoms with Gasteiger partial charge < -0.3 is 20.1 Å². The summed E-state index contributed by atoms with van der Waals surface area (Å²) >= 11 is 3.53. The Morgan fingerprint density at radius 3 is 2.46 bits per heavy atom. The van der Waals surface area contributed by atoms with Crippen molar-refractivity contribution in [1.82, 2.24) is 5.32 Å². The van der Waals surface area contributed by atoms with E-state index in [9.17, 15) is 4.79 Å². The van der Waals surface area contributed by atoms with Crippen LogP contribution in [0.1, 0.15) is 36.7 Å². The van der Waals surface area contributed by atoms with Crippen molar-refractivity contribution in [2.45, 2.75) is 33.4 Å². The molecule has 0 aliphatic rings. The summed E-state index contributed by atoms with van der Waals surface area (Å²) in [5, 5.41) is 6.23. The molecule has 0 atom stereocenters. The Labute approximate surface area is 163 Å². The van der Waals surface area contributed by atoms with Crippen LogP contribution in [-0.2, 0) is 6.54 Å². The van der Waals surface area contributed by atoms with Gasteiger partial charge in [0.25, 0.3) is 5.91 Å². The summed E-state index contributed by atoms with van der Waals surface area (Å²) in [6, 6.07) is 11.5. The van der Waals surface area contributed by atoms with Crippen molar-refractivity contribution in [3.63, 3.8) is 0 Å². The van der Waals surface area contributed by atoms with Crippen molar-refractivity contribution < 1.29 is 14.3 Å². The van der Waals surface area contributed by atoms with Crippen LogP contribution in [-0.4, -0.2) is 25.7 Å². The Morgan fingerprint density at radius 2 is 1.88 bits per heavy atom. The quantitative estimate of drug-likeness (QED) is 0.654. The fourth-order valence-corrected chi connectivity index (χ4v) is 3.05. The van der Waals surface area contributed by atoms with Gasteiger partial charge in [-0.05, 0) is 78.7 Å². The molecular weight excluding hydrogens is 396 g/mol. The minimum Gasteiger partial charge on any atom is -0.493 e. The number of rotatable bonds is 8. The van der Waals surface area contributed by atoms with E-state index in [1.165, 1.54) is 0 Å². The van der Waals surface area contributed by atoms with Crippen LogP contribution in [0.25, 0.3) is 0 Å². The average molecular weight is 421 g/mol. The second-order valence-corrected chi connectivity index (χ2v) is 6.96. The van der Waals surface area contributed by atoms with Gasteiger partial charge in [-0.25, -0.2) is 0 Å². The van der Waals surface area contributed by atoms with Crippen LogP contribution in [0.3, 0.4) is 0 Å². The zero-order valence-corrected chi connectivity index (χ0v) is 17.1. The van der Waals surface area contributed by atoms with Crippen LogP contribution in [0, 0.1) is 0 Å². The molecule has 2 aromatic rings. The summed E-state index contributed by atoms with van der Waals surface area (Å²) in [5.74, 6) is 1.34. The van der Waals surface area contributed by atoms with Crippen LogP contribution in [0.4, 0.5) is 5.69 Å². The Morgan fingerprint density at radius 1 is 1.19 bits per heavy atom. The number of carbonyl (C=O) groups is 1. The Kier molecular flexibility index (Phi) is 7.33. The largest absolute Gasteiger partial charge is 0.493 e. The molecule has 0 saturated carbocycles. The Hall–Kier alpha value is -2.21. The third-order valence-corrected chi connectivity index (χ3v) is 4.23. The van der Waals surface area contributed by atoms with Crippen LogP contribution < -0.4 is 20.1 Å². The first kappa shape index (κ1) is 20.1. The molecule has 2 rings (SSSR count). The highest BCUT2D eigenvalue weighted by Crippen LogP contribution is 2.36. The van der Waals surface area contributed by atoms with E-state index in [4.69, 9.17) is 9.47 Å². The van der Waals surface area contributed by atoms with E-state index in [-0.39, 0.29) is 11.9 Å². The molecule has 0 saturated heterocycles. The maximum absolute atomic E-state index is 12.0. The summed E-state index contributed by atoms with van der Waals surface area (Å²) in [7, 11) is 1.63. The van der Waals surface area contributed by atoms with Crippen molar-refractivity contribution in [3.8, 4) is 11.5 Å². The molecule has 1 amide bonds. The molecular formula is C20H25BrN2O3. The molecule has 6 heteroatoms. The van der Waals surface area contributed by atoms with Crippen LogP contribution in [0.5, 0.6) is 11.5 Å². The van der Waals surface area contributed by atoms with Crippen molar-refractivity contribution in [3.05, 3.63) is 52.0 Å². The zero-order valence-electron chi connectivity index (χ0n) is 15.6. The highest BCUT2D eigenvalue weighted by atomic mass is 79.9. The van der Waals surface area contributed by atoms with E-state index in [1.807, 2.05) is 57.2 Å². The molecule has 0 aliphatic heterocycles. The van der Waals surface area contributed by atoms with Crippen molar-refractivity contribution >= 4 is 27.5 Å². The first-order valence-corrected chi connectivity index (χ1v) is 9.37. The van der Waals surface area contributed by atoms with Gasteiger partial charge in [-0.2, -0.15) is 0 Å². The van der Waals surface area contributed by atoms with Crippen molar-refractivity contribution in [2.24, 2.45) is 0 Å². The molecule has 0 spiro atoms. The predicted molar refractivity (Wildman–Crippen MR) is 108 cm³/mol. The van der Waals surface area contributed by atoms with E-state index in [1.54, 1.807) is 7.11 Å². The van der Waals surface area contributed by atoms with Crippen molar-refractivity contribution in [1.29, 1.82) is 0 Å². The topological polar surface area (TPSA) is 59.6 Å². The second kappa shape index (κ2) is 9.48. The minimum absolute atomic E-state index is 0.0632. The number of halogens is 1. The summed E-state index contributed by atoms with van der Waals surface area (Å²) in [5.41, 5.74) is 2.64. The third kappa shape index (κ3) is 5.39.